The summed E-state index contributed by atoms with van der Waals surface area (Å²) in [6.45, 7) is 1.49. The van der Waals surface area contributed by atoms with E-state index < -0.39 is 23.7 Å². The van der Waals surface area contributed by atoms with Gasteiger partial charge >= 0.3 is 6.18 Å². The summed E-state index contributed by atoms with van der Waals surface area (Å²) >= 11 is 0. The van der Waals surface area contributed by atoms with Gasteiger partial charge < -0.3 is 15.5 Å². The second kappa shape index (κ2) is 6.93. The summed E-state index contributed by atoms with van der Waals surface area (Å²) in [5.74, 6) is -0.705. The summed E-state index contributed by atoms with van der Waals surface area (Å²) in [6.07, 6.45) is -0.864. The Kier molecular flexibility index (Phi) is 4.87. The van der Waals surface area contributed by atoms with Gasteiger partial charge in [0.25, 0.3) is 0 Å². The smallest absolute Gasteiger partial charge is 0.370 e. The Labute approximate surface area is 143 Å². The van der Waals surface area contributed by atoms with E-state index in [0.29, 0.717) is 12.1 Å². The molecule has 2 saturated heterocycles. The molecule has 2 fully saturated rings. The maximum atomic E-state index is 13.0. The van der Waals surface area contributed by atoms with Gasteiger partial charge in [0.15, 0.2) is 0 Å². The Morgan fingerprint density at radius 2 is 1.92 bits per heavy atom. The number of hydrogen-bond acceptors (Lipinski definition) is 3. The quantitative estimate of drug-likeness (QED) is 0.876. The maximum Gasteiger partial charge on any atom is 0.416 e. The molecule has 2 aliphatic rings. The highest BCUT2D eigenvalue weighted by atomic mass is 19.4. The number of rotatable bonds is 3. The van der Waals surface area contributed by atoms with Crippen molar-refractivity contribution in [3.05, 3.63) is 23.8 Å². The third kappa shape index (κ3) is 4.05. The molecule has 1 aromatic carbocycles. The molecule has 0 spiro atoms. The van der Waals surface area contributed by atoms with Crippen LogP contribution in [0.4, 0.5) is 24.5 Å². The van der Waals surface area contributed by atoms with Crippen molar-refractivity contribution >= 4 is 23.2 Å². The zero-order chi connectivity index (χ0) is 18.0. The summed E-state index contributed by atoms with van der Waals surface area (Å²) in [4.78, 5) is 25.6. The van der Waals surface area contributed by atoms with Crippen LogP contribution in [0, 0.1) is 0 Å². The van der Waals surface area contributed by atoms with Crippen LogP contribution < -0.4 is 15.5 Å². The first-order chi connectivity index (χ1) is 11.8. The molecule has 0 saturated carbocycles. The second-order valence-electron chi connectivity index (χ2n) is 6.43. The molecule has 0 unspecified atom stereocenters. The van der Waals surface area contributed by atoms with Crippen molar-refractivity contribution in [2.45, 2.75) is 44.3 Å². The van der Waals surface area contributed by atoms with E-state index in [2.05, 4.69) is 10.6 Å². The largest absolute Gasteiger partial charge is 0.416 e. The molecule has 1 aromatic rings. The van der Waals surface area contributed by atoms with Crippen molar-refractivity contribution in [2.75, 3.05) is 23.3 Å². The van der Waals surface area contributed by atoms with E-state index in [1.54, 1.807) is 0 Å². The first-order valence-electron chi connectivity index (χ1n) is 8.41. The summed E-state index contributed by atoms with van der Waals surface area (Å²) in [7, 11) is 0. The van der Waals surface area contributed by atoms with Gasteiger partial charge in [-0.2, -0.15) is 13.2 Å². The van der Waals surface area contributed by atoms with E-state index in [-0.39, 0.29) is 18.0 Å². The molecule has 5 nitrogen and oxygen atoms in total. The highest BCUT2D eigenvalue weighted by molar-refractivity contribution is 6.01. The van der Waals surface area contributed by atoms with Crippen LogP contribution in [0.3, 0.4) is 0 Å². The van der Waals surface area contributed by atoms with Gasteiger partial charge in [-0.3, -0.25) is 9.59 Å². The predicted octanol–water partition coefficient (Wildman–Crippen LogP) is 2.91. The lowest BCUT2D eigenvalue weighted by Crippen LogP contribution is -2.38. The molecule has 136 valence electrons. The van der Waals surface area contributed by atoms with Gasteiger partial charge in [0, 0.05) is 19.5 Å². The summed E-state index contributed by atoms with van der Waals surface area (Å²) in [5, 5.41) is 5.12. The highest BCUT2D eigenvalue weighted by Gasteiger charge is 2.33. The molecule has 0 bridgehead atoms. The second-order valence-corrected chi connectivity index (χ2v) is 6.43. The van der Waals surface area contributed by atoms with Crippen LogP contribution >= 0.6 is 0 Å². The van der Waals surface area contributed by atoms with Crippen LogP contribution in [-0.2, 0) is 15.8 Å². The third-order valence-corrected chi connectivity index (χ3v) is 4.59. The normalized spacial score (nSPS) is 21.2. The van der Waals surface area contributed by atoms with Gasteiger partial charge in [-0.25, -0.2) is 0 Å². The Balaban J connectivity index is 1.87. The van der Waals surface area contributed by atoms with Crippen molar-refractivity contribution in [1.29, 1.82) is 0 Å². The number of alkyl halides is 3. The number of benzene rings is 1. The fraction of sp³-hybridized carbons (Fsp3) is 0.529. The SMILES string of the molecule is O=C1CC[C@@H](C(=O)Nc2cc(C(F)(F)F)ccc2N2CCCCC2)N1. The van der Waals surface area contributed by atoms with Gasteiger partial charge in [-0.05, 0) is 43.9 Å². The number of nitrogens with zero attached hydrogens (tertiary/aromatic N) is 1. The van der Waals surface area contributed by atoms with Crippen molar-refractivity contribution in [3.8, 4) is 0 Å². The topological polar surface area (TPSA) is 61.4 Å². The van der Waals surface area contributed by atoms with Crippen molar-refractivity contribution in [3.63, 3.8) is 0 Å². The van der Waals surface area contributed by atoms with Crippen molar-refractivity contribution in [1.82, 2.24) is 5.32 Å². The Morgan fingerprint density at radius 3 is 2.52 bits per heavy atom. The number of carbonyl (C=O) groups is 2. The molecule has 2 amide bonds. The lowest BCUT2D eigenvalue weighted by atomic mass is 10.1. The zero-order valence-electron chi connectivity index (χ0n) is 13.7. The van der Waals surface area contributed by atoms with Crippen LogP contribution in [0.2, 0.25) is 0 Å². The van der Waals surface area contributed by atoms with E-state index in [9.17, 15) is 22.8 Å². The third-order valence-electron chi connectivity index (χ3n) is 4.59. The molecular formula is C17H20F3N3O2. The van der Waals surface area contributed by atoms with Crippen LogP contribution in [0.25, 0.3) is 0 Å². The van der Waals surface area contributed by atoms with Crippen LogP contribution in [0.15, 0.2) is 18.2 Å². The van der Waals surface area contributed by atoms with Crippen LogP contribution in [0.1, 0.15) is 37.7 Å². The number of anilines is 2. The van der Waals surface area contributed by atoms with Crippen molar-refractivity contribution < 1.29 is 22.8 Å². The van der Waals surface area contributed by atoms with Gasteiger partial charge in [0.2, 0.25) is 11.8 Å². The minimum Gasteiger partial charge on any atom is -0.370 e. The standard InChI is InChI=1S/C17H20F3N3O2/c18-17(19,20)11-4-6-14(23-8-2-1-3-9-23)13(10-11)22-16(25)12-5-7-15(24)21-12/h4,6,10,12H,1-3,5,7-9H2,(H,21,24)(H,22,25)/t12-/m0/s1. The maximum absolute atomic E-state index is 13.0. The molecule has 2 N–H and O–H groups in total. The van der Waals surface area contributed by atoms with Gasteiger partial charge in [-0.1, -0.05) is 0 Å². The van der Waals surface area contributed by atoms with Gasteiger partial charge in [0.1, 0.15) is 6.04 Å². The number of nitrogens with one attached hydrogen (secondary N) is 2. The molecule has 1 atom stereocenters. The summed E-state index contributed by atoms with van der Waals surface area (Å²) < 4.78 is 39.1. The number of amides is 2. The van der Waals surface area contributed by atoms with Crippen molar-refractivity contribution in [2.24, 2.45) is 0 Å². The monoisotopic (exact) mass is 355 g/mol. The lowest BCUT2D eigenvalue weighted by molar-refractivity contribution is -0.137. The molecule has 25 heavy (non-hydrogen) atoms. The first kappa shape index (κ1) is 17.6. The average molecular weight is 355 g/mol. The molecule has 0 aliphatic carbocycles. The van der Waals surface area contributed by atoms with E-state index in [1.165, 1.54) is 6.07 Å². The minimum atomic E-state index is -4.48. The fourth-order valence-electron chi connectivity index (χ4n) is 3.25. The highest BCUT2D eigenvalue weighted by Crippen LogP contribution is 2.36. The average Bonchev–Trinajstić information content (AvgIpc) is 3.01. The molecule has 0 radical (unpaired) electrons. The van der Waals surface area contributed by atoms with Gasteiger partial charge in [0.05, 0.1) is 16.9 Å². The molecular weight excluding hydrogens is 335 g/mol. The molecule has 0 aromatic heterocycles. The number of halogens is 3. The number of piperidine rings is 1. The van der Waals surface area contributed by atoms with E-state index in [0.717, 1.165) is 44.5 Å². The Hall–Kier alpha value is -2.25. The Bertz CT molecular complexity index is 670. The zero-order valence-corrected chi connectivity index (χ0v) is 13.7. The molecule has 8 heteroatoms. The van der Waals surface area contributed by atoms with E-state index in [4.69, 9.17) is 0 Å². The summed E-state index contributed by atoms with van der Waals surface area (Å²) in [5.41, 5.74) is -0.0766. The number of carbonyl (C=O) groups excluding carboxylic acids is 2. The molecule has 2 heterocycles. The molecule has 2 aliphatic heterocycles. The summed E-state index contributed by atoms with van der Waals surface area (Å²) in [6, 6.07) is 2.73. The van der Waals surface area contributed by atoms with Crippen LogP contribution in [-0.4, -0.2) is 30.9 Å². The number of hydrogen-bond donors (Lipinski definition) is 2. The van der Waals surface area contributed by atoms with E-state index in [1.807, 2.05) is 4.90 Å². The lowest BCUT2D eigenvalue weighted by Gasteiger charge is -2.31. The van der Waals surface area contributed by atoms with Gasteiger partial charge in [-0.15, -0.1) is 0 Å². The predicted molar refractivity (Wildman–Crippen MR) is 87.3 cm³/mol. The van der Waals surface area contributed by atoms with E-state index >= 15 is 0 Å². The molecule has 3 rings (SSSR count). The Morgan fingerprint density at radius 1 is 1.20 bits per heavy atom. The van der Waals surface area contributed by atoms with Crippen LogP contribution in [0.5, 0.6) is 0 Å². The first-order valence-corrected chi connectivity index (χ1v) is 8.41. The minimum absolute atomic E-state index is 0.142. The fourth-order valence-corrected chi connectivity index (χ4v) is 3.25.